The number of aliphatic hydroxyl groups is 2. The van der Waals surface area contributed by atoms with Gasteiger partial charge in [0, 0.05) is 0 Å². The summed E-state index contributed by atoms with van der Waals surface area (Å²) in [5.74, 6) is -0.728. The lowest BCUT2D eigenvalue weighted by atomic mass is 9.97. The molecule has 6 heteroatoms. The van der Waals surface area contributed by atoms with Crippen molar-refractivity contribution >= 4 is 0 Å². The molecule has 1 heterocycles. The van der Waals surface area contributed by atoms with Crippen molar-refractivity contribution in [1.29, 1.82) is 0 Å². The molecular formula is C31H42O6. The van der Waals surface area contributed by atoms with E-state index in [4.69, 9.17) is 18.9 Å². The van der Waals surface area contributed by atoms with Crippen LogP contribution in [-0.4, -0.2) is 52.6 Å². The molecule has 0 unspecified atom stereocenters. The first-order chi connectivity index (χ1) is 17.8. The van der Waals surface area contributed by atoms with Crippen LogP contribution in [0.25, 0.3) is 0 Å². The van der Waals surface area contributed by atoms with Crippen LogP contribution in [0.4, 0.5) is 0 Å². The molecule has 2 aromatic carbocycles. The topological polar surface area (TPSA) is 77.4 Å². The average Bonchev–Trinajstić information content (AvgIpc) is 3.21. The van der Waals surface area contributed by atoms with Crippen LogP contribution in [0.1, 0.15) is 50.7 Å². The summed E-state index contributed by atoms with van der Waals surface area (Å²) < 4.78 is 24.1. The summed E-state index contributed by atoms with van der Waals surface area (Å²) in [5, 5.41) is 21.6. The van der Waals surface area contributed by atoms with Gasteiger partial charge in [0.2, 0.25) is 0 Å². The van der Waals surface area contributed by atoms with Crippen LogP contribution in [-0.2, 0) is 32.2 Å². The molecule has 6 atom stereocenters. The Balaban J connectivity index is 1.47. The van der Waals surface area contributed by atoms with Gasteiger partial charge in [-0.15, -0.1) is 13.2 Å². The second kappa shape index (κ2) is 14.6. The van der Waals surface area contributed by atoms with Gasteiger partial charge in [0.15, 0.2) is 5.79 Å². The second-order valence-corrected chi connectivity index (χ2v) is 10.00. The van der Waals surface area contributed by atoms with E-state index >= 15 is 0 Å². The van der Waals surface area contributed by atoms with Crippen molar-refractivity contribution in [3.8, 4) is 0 Å². The molecule has 0 radical (unpaired) electrons. The van der Waals surface area contributed by atoms with Gasteiger partial charge in [-0.1, -0.05) is 72.8 Å². The monoisotopic (exact) mass is 510 g/mol. The third-order valence-electron chi connectivity index (χ3n) is 6.57. The lowest BCUT2D eigenvalue weighted by Gasteiger charge is -2.24. The lowest BCUT2D eigenvalue weighted by Crippen LogP contribution is -2.32. The molecule has 0 bridgehead atoms. The minimum atomic E-state index is -0.728. The third-order valence-corrected chi connectivity index (χ3v) is 6.57. The first-order valence-electron chi connectivity index (χ1n) is 13.1. The summed E-state index contributed by atoms with van der Waals surface area (Å²) in [6.07, 6.45) is 2.63. The predicted molar refractivity (Wildman–Crippen MR) is 145 cm³/mol. The fourth-order valence-electron chi connectivity index (χ4n) is 4.60. The number of benzene rings is 2. The molecule has 0 spiro atoms. The fourth-order valence-corrected chi connectivity index (χ4v) is 4.60. The maximum atomic E-state index is 10.8. The molecular weight excluding hydrogens is 468 g/mol. The van der Waals surface area contributed by atoms with E-state index in [1.165, 1.54) is 0 Å². The van der Waals surface area contributed by atoms with Gasteiger partial charge < -0.3 is 29.2 Å². The number of aliphatic hydroxyl groups excluding tert-OH is 2. The van der Waals surface area contributed by atoms with Crippen LogP contribution in [0.2, 0.25) is 0 Å². The van der Waals surface area contributed by atoms with Crippen LogP contribution in [0.15, 0.2) is 86.0 Å². The van der Waals surface area contributed by atoms with E-state index in [0.29, 0.717) is 38.9 Å². The van der Waals surface area contributed by atoms with Gasteiger partial charge in [0.25, 0.3) is 0 Å². The van der Waals surface area contributed by atoms with E-state index in [9.17, 15) is 10.2 Å². The van der Waals surface area contributed by atoms with Crippen molar-refractivity contribution in [3.05, 3.63) is 97.1 Å². The average molecular weight is 511 g/mol. The van der Waals surface area contributed by atoms with Crippen LogP contribution >= 0.6 is 0 Å². The molecule has 0 aliphatic carbocycles. The van der Waals surface area contributed by atoms with E-state index in [2.05, 4.69) is 13.2 Å². The van der Waals surface area contributed by atoms with Crippen LogP contribution < -0.4 is 0 Å². The highest BCUT2D eigenvalue weighted by atomic mass is 16.7. The molecule has 2 N–H and O–H groups in total. The minimum absolute atomic E-state index is 0.205. The molecule has 37 heavy (non-hydrogen) atoms. The van der Waals surface area contributed by atoms with Gasteiger partial charge in [-0.2, -0.15) is 0 Å². The molecule has 202 valence electrons. The summed E-state index contributed by atoms with van der Waals surface area (Å²) >= 11 is 0. The van der Waals surface area contributed by atoms with E-state index in [1.54, 1.807) is 12.2 Å². The summed E-state index contributed by atoms with van der Waals surface area (Å²) in [6, 6.07) is 19.7. The Morgan fingerprint density at radius 1 is 0.757 bits per heavy atom. The Labute approximate surface area is 221 Å². The minimum Gasteiger partial charge on any atom is -0.390 e. The zero-order valence-corrected chi connectivity index (χ0v) is 22.1. The first-order valence-corrected chi connectivity index (χ1v) is 13.1. The zero-order chi connectivity index (χ0) is 26.7. The lowest BCUT2D eigenvalue weighted by molar-refractivity contribution is -0.148. The summed E-state index contributed by atoms with van der Waals surface area (Å²) in [6.45, 7) is 12.2. The molecule has 0 saturated carbocycles. The predicted octanol–water partition coefficient (Wildman–Crippen LogP) is 5.33. The molecule has 1 aliphatic heterocycles. The van der Waals surface area contributed by atoms with Crippen molar-refractivity contribution in [2.24, 2.45) is 0 Å². The molecule has 6 nitrogen and oxygen atoms in total. The van der Waals surface area contributed by atoms with Crippen molar-refractivity contribution in [1.82, 2.24) is 0 Å². The van der Waals surface area contributed by atoms with Crippen LogP contribution in [0.5, 0.6) is 0 Å². The van der Waals surface area contributed by atoms with Crippen LogP contribution in [0.3, 0.4) is 0 Å². The van der Waals surface area contributed by atoms with Crippen molar-refractivity contribution < 1.29 is 29.2 Å². The maximum absolute atomic E-state index is 10.8. The van der Waals surface area contributed by atoms with E-state index in [0.717, 1.165) is 11.1 Å². The van der Waals surface area contributed by atoms with Crippen molar-refractivity contribution in [2.75, 3.05) is 0 Å². The van der Waals surface area contributed by atoms with E-state index in [-0.39, 0.29) is 12.2 Å². The maximum Gasteiger partial charge on any atom is 0.163 e. The van der Waals surface area contributed by atoms with Gasteiger partial charge in [-0.25, -0.2) is 0 Å². The Morgan fingerprint density at radius 2 is 1.14 bits per heavy atom. The number of rotatable bonds is 16. The highest BCUT2D eigenvalue weighted by Crippen LogP contribution is 2.34. The van der Waals surface area contributed by atoms with E-state index in [1.807, 2.05) is 74.5 Å². The number of hydrogen-bond acceptors (Lipinski definition) is 6. The Hall–Kier alpha value is -2.32. The quantitative estimate of drug-likeness (QED) is 0.297. The third kappa shape index (κ3) is 9.49. The molecule has 0 amide bonds. The van der Waals surface area contributed by atoms with Gasteiger partial charge >= 0.3 is 0 Å². The largest absolute Gasteiger partial charge is 0.390 e. The summed E-state index contributed by atoms with van der Waals surface area (Å²) in [7, 11) is 0. The Morgan fingerprint density at radius 3 is 1.49 bits per heavy atom. The van der Waals surface area contributed by atoms with Gasteiger partial charge in [0.05, 0.1) is 37.6 Å². The summed E-state index contributed by atoms with van der Waals surface area (Å²) in [4.78, 5) is 0. The van der Waals surface area contributed by atoms with Gasteiger partial charge in [-0.05, 0) is 50.7 Å². The normalized spacial score (nSPS) is 22.2. The fraction of sp³-hybridized carbons (Fsp3) is 0.484. The van der Waals surface area contributed by atoms with Crippen molar-refractivity contribution in [2.45, 2.75) is 95.2 Å². The highest BCUT2D eigenvalue weighted by molar-refractivity contribution is 5.14. The van der Waals surface area contributed by atoms with Crippen LogP contribution in [0, 0.1) is 0 Å². The standard InChI is InChI=1S/C31H42O6/c1-5-27(34-21-23-13-9-7-10-14-23)25(32)17-19-29-30(37-31(3,4)36-29)20-18-26(33)28(6-2)35-22-24-15-11-8-12-16-24/h5-16,25-30,32-33H,1-2,17-22H2,3-4H3/t25-,26-,27-,28-,29-,30-/m1/s1. The number of ether oxygens (including phenoxy) is 4. The highest BCUT2D eigenvalue weighted by Gasteiger charge is 2.41. The zero-order valence-electron chi connectivity index (χ0n) is 22.1. The molecule has 2 aromatic rings. The van der Waals surface area contributed by atoms with Gasteiger partial charge in [0.1, 0.15) is 12.2 Å². The van der Waals surface area contributed by atoms with Gasteiger partial charge in [-0.3, -0.25) is 0 Å². The Bertz CT molecular complexity index is 856. The second-order valence-electron chi connectivity index (χ2n) is 10.00. The molecule has 0 aromatic heterocycles. The molecule has 1 aliphatic rings. The van der Waals surface area contributed by atoms with E-state index < -0.39 is 30.2 Å². The van der Waals surface area contributed by atoms with Crippen molar-refractivity contribution in [3.63, 3.8) is 0 Å². The Kier molecular flexibility index (Phi) is 11.5. The SMILES string of the molecule is C=C[C@@H](OCc1ccccc1)[C@H](O)CC[C@H]1OC(C)(C)O[C@@H]1CC[C@@H](O)[C@@H](C=C)OCc1ccccc1. The number of hydrogen-bond donors (Lipinski definition) is 2. The molecule has 3 rings (SSSR count). The first kappa shape index (κ1) is 29.2. The molecule has 1 saturated heterocycles. The molecule has 1 fully saturated rings. The summed E-state index contributed by atoms with van der Waals surface area (Å²) in [5.41, 5.74) is 2.08. The smallest absolute Gasteiger partial charge is 0.163 e.